The van der Waals surface area contributed by atoms with Crippen molar-refractivity contribution in [2.75, 3.05) is 5.32 Å². The third-order valence-electron chi connectivity index (χ3n) is 5.98. The van der Waals surface area contributed by atoms with E-state index in [1.807, 2.05) is 25.0 Å². The number of nitrogens with one attached hydrogen (secondary N) is 2. The van der Waals surface area contributed by atoms with E-state index < -0.39 is 67.4 Å². The molecule has 2 aliphatic rings. The lowest BCUT2D eigenvalue weighted by molar-refractivity contribution is -0.175. The molecular formula is C23H23F7N2O2Si. The molecule has 2 aliphatic carbocycles. The fraction of sp³-hybridized carbons (Fsp3) is 0.478. The van der Waals surface area contributed by atoms with Crippen LogP contribution < -0.4 is 10.6 Å². The maximum atomic E-state index is 13.6. The molecule has 0 aromatic heterocycles. The number of allylic oxidation sites excluding steroid dienone is 1. The Hall–Kier alpha value is -2.81. The molecule has 3 rings (SSSR count). The average molecular weight is 521 g/mol. The van der Waals surface area contributed by atoms with Gasteiger partial charge in [-0.25, -0.2) is 4.39 Å². The molecule has 2 amide bonds. The van der Waals surface area contributed by atoms with Crippen LogP contribution in [0.3, 0.4) is 0 Å². The molecule has 12 heteroatoms. The third-order valence-corrected chi connectivity index (χ3v) is 6.88. The molecule has 0 aliphatic heterocycles. The number of amides is 2. The third kappa shape index (κ3) is 6.06. The van der Waals surface area contributed by atoms with Crippen LogP contribution in [-0.4, -0.2) is 32.1 Å². The minimum absolute atomic E-state index is 0.364. The van der Waals surface area contributed by atoms with Gasteiger partial charge in [0.1, 0.15) is 13.9 Å². The SMILES string of the molecule is C[Si](C)(C)C#CC=C1C2CCC1C(C(=O)Nc1ccc(F)c(C(F)(F)F)c1)C2NC(=O)C(F)(F)F. The summed E-state index contributed by atoms with van der Waals surface area (Å²) in [5.41, 5.74) is 1.79. The number of carbonyl (C=O) groups is 2. The lowest BCUT2D eigenvalue weighted by Crippen LogP contribution is -2.51. The molecular weight excluding hydrogens is 497 g/mol. The van der Waals surface area contributed by atoms with Gasteiger partial charge in [-0.1, -0.05) is 31.1 Å². The second-order valence-corrected chi connectivity index (χ2v) is 14.4. The predicted octanol–water partition coefficient (Wildman–Crippen LogP) is 5.29. The summed E-state index contributed by atoms with van der Waals surface area (Å²) in [6.45, 7) is 6.01. The molecule has 1 aromatic carbocycles. The van der Waals surface area contributed by atoms with Crippen LogP contribution in [0.1, 0.15) is 18.4 Å². The summed E-state index contributed by atoms with van der Waals surface area (Å²) in [6, 6.07) is 0.666. The van der Waals surface area contributed by atoms with Gasteiger partial charge < -0.3 is 10.6 Å². The lowest BCUT2D eigenvalue weighted by Gasteiger charge is -2.30. The largest absolute Gasteiger partial charge is 0.471 e. The number of anilines is 1. The van der Waals surface area contributed by atoms with Crippen LogP contribution in [0.2, 0.25) is 19.6 Å². The molecule has 35 heavy (non-hydrogen) atoms. The number of hydrogen-bond acceptors (Lipinski definition) is 2. The van der Waals surface area contributed by atoms with E-state index >= 15 is 0 Å². The Balaban J connectivity index is 1.94. The molecule has 0 spiro atoms. The number of carbonyl (C=O) groups excluding carboxylic acids is 2. The molecule has 4 unspecified atom stereocenters. The quantitative estimate of drug-likeness (QED) is 0.323. The van der Waals surface area contributed by atoms with Gasteiger partial charge in [-0.2, -0.15) is 26.3 Å². The average Bonchev–Trinajstić information content (AvgIpc) is 3.22. The van der Waals surface area contributed by atoms with E-state index in [0.29, 0.717) is 30.5 Å². The standard InChI is InChI=1S/C23H23F7N2O2Si/c1-35(2,3)10-4-5-13-14-7-8-15(13)19(32-21(34)23(28,29)30)18(14)20(33)31-12-6-9-17(24)16(11-12)22(25,26)27/h5-6,9,11,14-15,18-19H,7-8H2,1-3H3,(H,31,33)(H,32,34). The molecule has 2 bridgehead atoms. The molecule has 2 N–H and O–H groups in total. The minimum Gasteiger partial charge on any atom is -0.344 e. The molecule has 4 nitrogen and oxygen atoms in total. The van der Waals surface area contributed by atoms with Gasteiger partial charge in [0.25, 0.3) is 0 Å². The van der Waals surface area contributed by atoms with Crippen molar-refractivity contribution in [2.45, 2.75) is 50.9 Å². The number of benzene rings is 1. The smallest absolute Gasteiger partial charge is 0.344 e. The van der Waals surface area contributed by atoms with Crippen LogP contribution in [0.15, 0.2) is 29.8 Å². The van der Waals surface area contributed by atoms with E-state index in [9.17, 15) is 40.3 Å². The topological polar surface area (TPSA) is 58.2 Å². The highest BCUT2D eigenvalue weighted by atomic mass is 28.3. The fourth-order valence-electron chi connectivity index (χ4n) is 4.61. The van der Waals surface area contributed by atoms with Gasteiger partial charge >= 0.3 is 18.3 Å². The number of hydrogen-bond donors (Lipinski definition) is 2. The summed E-state index contributed by atoms with van der Waals surface area (Å²) in [6.07, 6.45) is -7.74. The Kier molecular flexibility index (Phi) is 7.14. The first kappa shape index (κ1) is 26.8. The van der Waals surface area contributed by atoms with Gasteiger partial charge in [-0.15, -0.1) is 5.54 Å². The summed E-state index contributed by atoms with van der Waals surface area (Å²) >= 11 is 0. The Morgan fingerprint density at radius 3 is 2.26 bits per heavy atom. The first-order chi connectivity index (χ1) is 16.0. The molecule has 190 valence electrons. The van der Waals surface area contributed by atoms with Crippen LogP contribution in [0.5, 0.6) is 0 Å². The van der Waals surface area contributed by atoms with E-state index in [1.54, 1.807) is 6.08 Å². The van der Waals surface area contributed by atoms with E-state index in [0.717, 1.165) is 6.07 Å². The van der Waals surface area contributed by atoms with Crippen molar-refractivity contribution < 1.29 is 40.3 Å². The van der Waals surface area contributed by atoms with Gasteiger partial charge in [0, 0.05) is 17.6 Å². The first-order valence-electron chi connectivity index (χ1n) is 10.8. The molecule has 0 heterocycles. The van der Waals surface area contributed by atoms with E-state index in [2.05, 4.69) is 16.8 Å². The van der Waals surface area contributed by atoms with Gasteiger partial charge in [0.05, 0.1) is 11.5 Å². The zero-order valence-corrected chi connectivity index (χ0v) is 20.0. The summed E-state index contributed by atoms with van der Waals surface area (Å²) in [4.78, 5) is 24.8. The van der Waals surface area contributed by atoms with Gasteiger partial charge in [0.15, 0.2) is 0 Å². The second-order valence-electron chi connectivity index (χ2n) is 9.66. The molecule has 2 fully saturated rings. The van der Waals surface area contributed by atoms with Crippen molar-refractivity contribution >= 4 is 25.6 Å². The van der Waals surface area contributed by atoms with Gasteiger partial charge in [0.2, 0.25) is 5.91 Å². The second kappa shape index (κ2) is 9.33. The number of rotatable bonds is 3. The van der Waals surface area contributed by atoms with E-state index in [-0.39, 0.29) is 5.69 Å². The van der Waals surface area contributed by atoms with Crippen LogP contribution in [0.4, 0.5) is 36.4 Å². The zero-order valence-electron chi connectivity index (χ0n) is 19.0. The monoisotopic (exact) mass is 520 g/mol. The van der Waals surface area contributed by atoms with Crippen molar-refractivity contribution in [1.29, 1.82) is 0 Å². The van der Waals surface area contributed by atoms with Gasteiger partial charge in [-0.05, 0) is 43.0 Å². The minimum atomic E-state index is -5.18. The van der Waals surface area contributed by atoms with Crippen molar-refractivity contribution in [3.63, 3.8) is 0 Å². The molecule has 0 saturated heterocycles. The van der Waals surface area contributed by atoms with Crippen LogP contribution >= 0.6 is 0 Å². The van der Waals surface area contributed by atoms with Crippen molar-refractivity contribution in [1.82, 2.24) is 5.32 Å². The van der Waals surface area contributed by atoms with Gasteiger partial charge in [-0.3, -0.25) is 9.59 Å². The zero-order chi connectivity index (χ0) is 26.3. The van der Waals surface area contributed by atoms with Crippen molar-refractivity contribution in [2.24, 2.45) is 17.8 Å². The van der Waals surface area contributed by atoms with Crippen LogP contribution in [0.25, 0.3) is 0 Å². The van der Waals surface area contributed by atoms with Crippen molar-refractivity contribution in [3.05, 3.63) is 41.2 Å². The van der Waals surface area contributed by atoms with E-state index in [4.69, 9.17) is 0 Å². The van der Waals surface area contributed by atoms with E-state index in [1.165, 1.54) is 0 Å². The molecule has 2 saturated carbocycles. The highest BCUT2D eigenvalue weighted by Crippen LogP contribution is 2.53. The fourth-order valence-corrected chi connectivity index (χ4v) is 5.11. The Morgan fingerprint density at radius 2 is 1.69 bits per heavy atom. The maximum absolute atomic E-state index is 13.6. The maximum Gasteiger partial charge on any atom is 0.471 e. The summed E-state index contributed by atoms with van der Waals surface area (Å²) < 4.78 is 91.6. The van der Waals surface area contributed by atoms with Crippen LogP contribution in [0, 0.1) is 35.0 Å². The Morgan fingerprint density at radius 1 is 1.06 bits per heavy atom. The summed E-state index contributed by atoms with van der Waals surface area (Å²) in [5.74, 6) is -3.96. The van der Waals surface area contributed by atoms with Crippen molar-refractivity contribution in [3.8, 4) is 11.5 Å². The highest BCUT2D eigenvalue weighted by Gasteiger charge is 2.56. The number of fused-ring (bicyclic) bond motifs is 2. The molecule has 0 radical (unpaired) electrons. The highest BCUT2D eigenvalue weighted by molar-refractivity contribution is 6.83. The summed E-state index contributed by atoms with van der Waals surface area (Å²) in [5, 5.41) is 4.16. The molecule has 4 atom stereocenters. The summed E-state index contributed by atoms with van der Waals surface area (Å²) in [7, 11) is -1.76. The molecule has 1 aromatic rings. The van der Waals surface area contributed by atoms with Crippen LogP contribution in [-0.2, 0) is 15.8 Å². The first-order valence-corrected chi connectivity index (χ1v) is 14.3. The Bertz CT molecular complexity index is 1110. The predicted molar refractivity (Wildman–Crippen MR) is 117 cm³/mol. The normalized spacial score (nSPS) is 25.3. The Labute approximate surface area is 198 Å². The lowest BCUT2D eigenvalue weighted by atomic mass is 9.83. The number of halogens is 7. The number of alkyl halides is 6.